The fraction of sp³-hybridized carbons (Fsp3) is 0.143. The molecule has 1 aromatic heterocycles. The van der Waals surface area contributed by atoms with Gasteiger partial charge in [-0.2, -0.15) is 0 Å². The maximum atomic E-state index is 7.23. The van der Waals surface area contributed by atoms with E-state index < -0.39 is 8.32 Å². The molecule has 4 heteroatoms. The lowest BCUT2D eigenvalue weighted by Crippen LogP contribution is -2.68. The van der Waals surface area contributed by atoms with Crippen molar-refractivity contribution in [3.05, 3.63) is 107 Å². The maximum absolute atomic E-state index is 7.23. The monoisotopic (exact) mass is 455 g/mol. The molecule has 32 heavy (non-hydrogen) atoms. The van der Waals surface area contributed by atoms with Crippen molar-refractivity contribution in [2.75, 3.05) is 5.73 Å². The second-order valence-corrected chi connectivity index (χ2v) is 14.1. The van der Waals surface area contributed by atoms with Crippen LogP contribution in [-0.4, -0.2) is 8.32 Å². The van der Waals surface area contributed by atoms with Gasteiger partial charge in [-0.15, -0.1) is 11.3 Å². The summed E-state index contributed by atoms with van der Waals surface area (Å²) in [6.45, 7) is 6.85. The number of nitrogen functional groups attached to an aromatic ring is 1. The molecule has 2 nitrogen and oxygen atoms in total. The molecule has 0 atom stereocenters. The van der Waals surface area contributed by atoms with E-state index in [2.05, 4.69) is 111 Å². The van der Waals surface area contributed by atoms with Crippen molar-refractivity contribution in [2.24, 2.45) is 0 Å². The molecule has 0 unspecified atom stereocenters. The molecular weight excluding hydrogens is 426 g/mol. The summed E-state index contributed by atoms with van der Waals surface area (Å²) in [6, 6.07) is 31.5. The van der Waals surface area contributed by atoms with Gasteiger partial charge in [-0.3, -0.25) is 0 Å². The lowest BCUT2D eigenvalue weighted by Gasteiger charge is -2.43. The highest BCUT2D eigenvalue weighted by molar-refractivity contribution is 7.10. The molecule has 0 radical (unpaired) electrons. The second-order valence-electron chi connectivity index (χ2n) is 8.91. The number of rotatable bonds is 6. The van der Waals surface area contributed by atoms with Crippen LogP contribution in [0.2, 0.25) is 5.04 Å². The van der Waals surface area contributed by atoms with E-state index in [0.717, 1.165) is 11.3 Å². The summed E-state index contributed by atoms with van der Waals surface area (Å²) in [5.74, 6) is 0.826. The molecule has 0 bridgehead atoms. The summed E-state index contributed by atoms with van der Waals surface area (Å²) in [4.78, 5) is 1.21. The van der Waals surface area contributed by atoms with Gasteiger partial charge in [0.15, 0.2) is 0 Å². The Morgan fingerprint density at radius 2 is 1.41 bits per heavy atom. The molecule has 0 aliphatic heterocycles. The Morgan fingerprint density at radius 3 is 1.94 bits per heavy atom. The molecule has 4 aromatic rings. The summed E-state index contributed by atoms with van der Waals surface area (Å²) in [5.41, 5.74) is 7.97. The Balaban J connectivity index is 1.90. The Kier molecular flexibility index (Phi) is 6.35. The van der Waals surface area contributed by atoms with E-state index in [-0.39, 0.29) is 5.04 Å². The third-order valence-corrected chi connectivity index (χ3v) is 11.5. The van der Waals surface area contributed by atoms with Gasteiger partial charge in [0.2, 0.25) is 0 Å². The fourth-order valence-corrected chi connectivity index (χ4v) is 9.21. The van der Waals surface area contributed by atoms with Crippen molar-refractivity contribution >= 4 is 47.9 Å². The molecule has 1 heterocycles. The summed E-state index contributed by atoms with van der Waals surface area (Å²) in [7, 11) is -2.73. The van der Waals surface area contributed by atoms with Gasteiger partial charge in [-0.05, 0) is 51.1 Å². The topological polar surface area (TPSA) is 35.2 Å². The minimum atomic E-state index is -2.73. The third kappa shape index (κ3) is 4.43. The molecule has 3 aromatic carbocycles. The molecule has 162 valence electrons. The van der Waals surface area contributed by atoms with Gasteiger partial charge in [0, 0.05) is 22.2 Å². The highest BCUT2D eigenvalue weighted by Crippen LogP contribution is 2.39. The van der Waals surface area contributed by atoms with Crippen LogP contribution < -0.4 is 20.5 Å². The standard InChI is InChI=1S/C28H29NOSSi/c1-28(2,3)32(25-12-6-4-7-13-25,26-14-8-5-9-15-26)30-27-21-23(29)18-16-22(27)17-19-24-11-10-20-31-24/h4-21H,29H2,1-3H3. The van der Waals surface area contributed by atoms with Crippen molar-refractivity contribution in [1.29, 1.82) is 0 Å². The number of benzene rings is 3. The molecule has 0 fully saturated rings. The fourth-order valence-electron chi connectivity index (χ4n) is 4.15. The van der Waals surface area contributed by atoms with Crippen LogP contribution in [0.3, 0.4) is 0 Å². The minimum absolute atomic E-state index is 0.116. The van der Waals surface area contributed by atoms with Crippen LogP contribution in [0.1, 0.15) is 31.2 Å². The van der Waals surface area contributed by atoms with E-state index >= 15 is 0 Å². The molecule has 0 amide bonds. The number of thiophene rings is 1. The molecule has 0 saturated heterocycles. The Labute approximate surface area is 196 Å². The number of nitrogens with two attached hydrogens (primary N) is 1. The average molecular weight is 456 g/mol. The second kappa shape index (κ2) is 9.19. The highest BCUT2D eigenvalue weighted by Gasteiger charge is 2.52. The summed E-state index contributed by atoms with van der Waals surface area (Å²) >= 11 is 1.72. The van der Waals surface area contributed by atoms with Crippen LogP contribution in [0.25, 0.3) is 12.2 Å². The van der Waals surface area contributed by atoms with Gasteiger partial charge in [0.1, 0.15) is 5.75 Å². The van der Waals surface area contributed by atoms with Crippen LogP contribution in [0.15, 0.2) is 96.4 Å². The SMILES string of the molecule is CC(C)(C)[Si](Oc1cc(N)ccc1C=Cc1cccs1)(c1ccccc1)c1ccccc1. The van der Waals surface area contributed by atoms with Crippen molar-refractivity contribution in [3.8, 4) is 5.75 Å². The van der Waals surface area contributed by atoms with Gasteiger partial charge in [-0.1, -0.05) is 87.5 Å². The van der Waals surface area contributed by atoms with E-state index in [1.165, 1.54) is 15.3 Å². The molecule has 0 aliphatic rings. The Hall–Kier alpha value is -3.08. The first-order valence-corrected chi connectivity index (χ1v) is 13.6. The minimum Gasteiger partial charge on any atom is -0.534 e. The Morgan fingerprint density at radius 1 is 0.781 bits per heavy atom. The predicted molar refractivity (Wildman–Crippen MR) is 142 cm³/mol. The quantitative estimate of drug-likeness (QED) is 0.268. The molecule has 0 aliphatic carbocycles. The largest absolute Gasteiger partial charge is 0.534 e. The maximum Gasteiger partial charge on any atom is 0.319 e. The first-order valence-electron chi connectivity index (χ1n) is 10.8. The first-order chi connectivity index (χ1) is 15.4. The lowest BCUT2D eigenvalue weighted by atomic mass is 10.1. The van der Waals surface area contributed by atoms with Crippen LogP contribution in [-0.2, 0) is 0 Å². The molecule has 4 rings (SSSR count). The summed E-state index contributed by atoms with van der Waals surface area (Å²) in [6.07, 6.45) is 4.26. The van der Waals surface area contributed by atoms with Gasteiger partial charge in [0.25, 0.3) is 0 Å². The van der Waals surface area contributed by atoms with E-state index in [0.29, 0.717) is 5.69 Å². The van der Waals surface area contributed by atoms with Crippen molar-refractivity contribution < 1.29 is 4.43 Å². The number of hydrogen-bond acceptors (Lipinski definition) is 3. The number of anilines is 1. The zero-order chi connectivity index (χ0) is 22.6. The zero-order valence-corrected chi connectivity index (χ0v) is 20.6. The molecule has 0 spiro atoms. The highest BCUT2D eigenvalue weighted by atomic mass is 32.1. The van der Waals surface area contributed by atoms with Crippen LogP contribution in [0.5, 0.6) is 5.75 Å². The van der Waals surface area contributed by atoms with Crippen molar-refractivity contribution in [1.82, 2.24) is 0 Å². The van der Waals surface area contributed by atoms with Crippen molar-refractivity contribution in [3.63, 3.8) is 0 Å². The van der Waals surface area contributed by atoms with Gasteiger partial charge < -0.3 is 10.2 Å². The lowest BCUT2D eigenvalue weighted by molar-refractivity contribution is 0.507. The Bertz CT molecular complexity index is 1140. The van der Waals surface area contributed by atoms with Crippen LogP contribution in [0, 0.1) is 0 Å². The van der Waals surface area contributed by atoms with E-state index in [1.54, 1.807) is 11.3 Å². The molecular formula is C28H29NOSSi. The first kappa shape index (κ1) is 22.1. The summed E-state index contributed by atoms with van der Waals surface area (Å²) in [5, 5.41) is 4.46. The number of hydrogen-bond donors (Lipinski definition) is 1. The van der Waals surface area contributed by atoms with Crippen molar-refractivity contribution in [2.45, 2.75) is 25.8 Å². The van der Waals surface area contributed by atoms with Gasteiger partial charge in [-0.25, -0.2) is 0 Å². The van der Waals surface area contributed by atoms with Gasteiger partial charge >= 0.3 is 8.32 Å². The van der Waals surface area contributed by atoms with Gasteiger partial charge in [0.05, 0.1) is 0 Å². The third-order valence-electron chi connectivity index (χ3n) is 5.69. The van der Waals surface area contributed by atoms with Crippen LogP contribution in [0.4, 0.5) is 5.69 Å². The zero-order valence-electron chi connectivity index (χ0n) is 18.8. The normalized spacial score (nSPS) is 12.2. The van der Waals surface area contributed by atoms with E-state index in [9.17, 15) is 0 Å². The average Bonchev–Trinajstić information content (AvgIpc) is 3.31. The predicted octanol–water partition coefficient (Wildman–Crippen LogP) is 6.44. The van der Waals surface area contributed by atoms with E-state index in [1.807, 2.05) is 18.2 Å². The smallest absolute Gasteiger partial charge is 0.319 e. The molecule has 2 N–H and O–H groups in total. The summed E-state index contributed by atoms with van der Waals surface area (Å²) < 4.78 is 7.23. The van der Waals surface area contributed by atoms with Crippen LogP contribution >= 0.6 is 11.3 Å². The van der Waals surface area contributed by atoms with E-state index in [4.69, 9.17) is 10.2 Å². The molecule has 0 saturated carbocycles.